The van der Waals surface area contributed by atoms with Gasteiger partial charge in [-0.25, -0.2) is 9.97 Å². The summed E-state index contributed by atoms with van der Waals surface area (Å²) in [6, 6.07) is 5.55. The third-order valence-electron chi connectivity index (χ3n) is 4.43. The molecule has 134 valence electrons. The van der Waals surface area contributed by atoms with Crippen LogP contribution in [0.3, 0.4) is 0 Å². The van der Waals surface area contributed by atoms with Gasteiger partial charge in [0, 0.05) is 36.5 Å². The number of aliphatic hydroxyl groups is 1. The molecule has 0 aromatic carbocycles. The number of β-amino-alcohol motifs (C(OH)–C–C–N with tert-alkyl or cyclic N) is 1. The molecule has 0 atom stereocenters. The number of nitroso groups, excluding NO2 is 1. The summed E-state index contributed by atoms with van der Waals surface area (Å²) in [6.07, 6.45) is 0.344. The van der Waals surface area contributed by atoms with Gasteiger partial charge in [-0.3, -0.25) is 0 Å². The van der Waals surface area contributed by atoms with Crippen LogP contribution < -0.4 is 16.4 Å². The van der Waals surface area contributed by atoms with Crippen molar-refractivity contribution in [1.82, 2.24) is 9.97 Å². The van der Waals surface area contributed by atoms with E-state index >= 15 is 0 Å². The van der Waals surface area contributed by atoms with Crippen molar-refractivity contribution >= 4 is 23.0 Å². The molecule has 1 aliphatic heterocycles. The number of hydrogen-bond acceptors (Lipinski definition) is 9. The molecule has 2 aromatic rings. The number of aryl methyl sites for hydroxylation is 1. The molecule has 9 nitrogen and oxygen atoms in total. The van der Waals surface area contributed by atoms with E-state index < -0.39 is 5.60 Å². The van der Waals surface area contributed by atoms with Crippen LogP contribution in [0.15, 0.2) is 17.3 Å². The highest BCUT2D eigenvalue weighted by Gasteiger charge is 2.38. The first-order valence-electron chi connectivity index (χ1n) is 8.01. The second-order valence-electron chi connectivity index (χ2n) is 6.73. The molecule has 1 aliphatic rings. The second-order valence-corrected chi connectivity index (χ2v) is 6.73. The minimum absolute atomic E-state index is 0.0493. The topological polar surface area (TPSA) is 155 Å². The summed E-state index contributed by atoms with van der Waals surface area (Å²) in [4.78, 5) is 21.3. The van der Waals surface area contributed by atoms with E-state index in [1.165, 1.54) is 0 Å². The van der Waals surface area contributed by atoms with Gasteiger partial charge in [0.2, 0.25) is 5.82 Å². The number of nitrogen functional groups attached to an aromatic ring is 2. The summed E-state index contributed by atoms with van der Waals surface area (Å²) < 4.78 is 0. The zero-order valence-electron chi connectivity index (χ0n) is 14.5. The van der Waals surface area contributed by atoms with Crippen molar-refractivity contribution in [2.75, 3.05) is 29.5 Å². The fourth-order valence-corrected chi connectivity index (χ4v) is 3.08. The summed E-state index contributed by atoms with van der Waals surface area (Å²) in [5.74, 6) is 0.403. The minimum atomic E-state index is -0.776. The summed E-state index contributed by atoms with van der Waals surface area (Å²) in [6.45, 7) is 4.28. The van der Waals surface area contributed by atoms with Crippen LogP contribution >= 0.6 is 0 Å². The molecule has 0 amide bonds. The average Bonchev–Trinajstić information content (AvgIpc) is 2.59. The van der Waals surface area contributed by atoms with Crippen LogP contribution in [-0.4, -0.2) is 33.8 Å². The molecule has 1 fully saturated rings. The van der Waals surface area contributed by atoms with Crippen LogP contribution in [0.1, 0.15) is 29.4 Å². The maximum Gasteiger partial charge on any atom is 0.222 e. The van der Waals surface area contributed by atoms with Crippen LogP contribution in [0, 0.1) is 23.2 Å². The Morgan fingerprint density at radius 2 is 2.04 bits per heavy atom. The second kappa shape index (κ2) is 6.24. The Bertz CT molecular complexity index is 926. The Labute approximate surface area is 150 Å². The molecule has 2 aromatic heterocycles. The molecule has 0 spiro atoms. The molecule has 0 radical (unpaired) electrons. The fourth-order valence-electron chi connectivity index (χ4n) is 3.08. The van der Waals surface area contributed by atoms with Gasteiger partial charge < -0.3 is 21.5 Å². The lowest BCUT2D eigenvalue weighted by Gasteiger charge is -2.45. The van der Waals surface area contributed by atoms with E-state index in [-0.39, 0.29) is 17.2 Å². The van der Waals surface area contributed by atoms with Crippen molar-refractivity contribution in [3.8, 4) is 6.07 Å². The lowest BCUT2D eigenvalue weighted by Crippen LogP contribution is -2.60. The standard InChI is InChI=1S/C17H19N7O2/c1-9-12(13(19)14(20)15(21-9)23-26)5-11-4-3-10(6-18)16(22-11)24-7-17(2,25)8-24/h3-4,25H,5,7-8,20H2,1-2H3,(H2,19,21). The molecule has 3 rings (SSSR count). The number of hydrogen-bond donors (Lipinski definition) is 3. The van der Waals surface area contributed by atoms with E-state index in [9.17, 15) is 15.3 Å². The molecule has 0 unspecified atom stereocenters. The predicted molar refractivity (Wildman–Crippen MR) is 97.8 cm³/mol. The van der Waals surface area contributed by atoms with Gasteiger partial charge in [0.15, 0.2) is 0 Å². The van der Waals surface area contributed by atoms with E-state index in [2.05, 4.69) is 21.2 Å². The number of rotatable bonds is 4. The van der Waals surface area contributed by atoms with Crippen molar-refractivity contribution in [3.05, 3.63) is 39.6 Å². The van der Waals surface area contributed by atoms with Crippen LogP contribution in [0.2, 0.25) is 0 Å². The Balaban J connectivity index is 1.96. The van der Waals surface area contributed by atoms with E-state index in [0.29, 0.717) is 47.8 Å². The molecule has 3 heterocycles. The molecular formula is C17H19N7O2. The molecule has 9 heteroatoms. The molecule has 26 heavy (non-hydrogen) atoms. The number of aromatic nitrogens is 2. The van der Waals surface area contributed by atoms with Gasteiger partial charge in [-0.1, -0.05) is 0 Å². The predicted octanol–water partition coefficient (Wildman–Crippen LogP) is 1.38. The molecule has 1 saturated heterocycles. The Kier molecular flexibility index (Phi) is 4.21. The van der Waals surface area contributed by atoms with Gasteiger partial charge in [0.05, 0.1) is 16.9 Å². The van der Waals surface area contributed by atoms with Gasteiger partial charge in [0.25, 0.3) is 0 Å². The van der Waals surface area contributed by atoms with E-state index in [4.69, 9.17) is 11.5 Å². The van der Waals surface area contributed by atoms with Gasteiger partial charge in [0.1, 0.15) is 17.6 Å². The number of anilines is 3. The van der Waals surface area contributed by atoms with Crippen LogP contribution in [0.4, 0.5) is 23.0 Å². The van der Waals surface area contributed by atoms with E-state index in [1.807, 2.05) is 4.90 Å². The number of nitriles is 1. The normalized spacial score (nSPS) is 15.2. The first-order valence-corrected chi connectivity index (χ1v) is 8.01. The average molecular weight is 353 g/mol. The van der Waals surface area contributed by atoms with E-state index in [1.54, 1.807) is 26.0 Å². The quantitative estimate of drug-likeness (QED) is 0.696. The highest BCUT2D eigenvalue weighted by molar-refractivity contribution is 5.77. The molecule has 0 aliphatic carbocycles. The zero-order valence-corrected chi connectivity index (χ0v) is 14.5. The fraction of sp³-hybridized carbons (Fsp3) is 0.353. The maximum atomic E-state index is 10.8. The highest BCUT2D eigenvalue weighted by Crippen LogP contribution is 2.33. The minimum Gasteiger partial charge on any atom is -0.397 e. The van der Waals surface area contributed by atoms with Crippen LogP contribution in [0.25, 0.3) is 0 Å². The SMILES string of the molecule is Cc1nc(N=O)c(N)c(N)c1Cc1ccc(C#N)c(N2CC(C)(O)C2)n1. The lowest BCUT2D eigenvalue weighted by molar-refractivity contribution is 0.0305. The van der Waals surface area contributed by atoms with Crippen molar-refractivity contribution in [3.63, 3.8) is 0 Å². The lowest BCUT2D eigenvalue weighted by atomic mass is 9.96. The monoisotopic (exact) mass is 353 g/mol. The summed E-state index contributed by atoms with van der Waals surface area (Å²) in [5.41, 5.74) is 13.7. The smallest absolute Gasteiger partial charge is 0.222 e. The van der Waals surface area contributed by atoms with Gasteiger partial charge in [-0.05, 0) is 31.2 Å². The third-order valence-corrected chi connectivity index (χ3v) is 4.43. The van der Waals surface area contributed by atoms with E-state index in [0.717, 1.165) is 0 Å². The van der Waals surface area contributed by atoms with Gasteiger partial charge in [-0.2, -0.15) is 5.26 Å². The number of nitrogens with zero attached hydrogens (tertiary/aromatic N) is 5. The van der Waals surface area contributed by atoms with Gasteiger partial charge >= 0.3 is 0 Å². The first kappa shape index (κ1) is 17.6. The molecule has 0 saturated carbocycles. The molecule has 5 N–H and O–H groups in total. The Morgan fingerprint density at radius 1 is 1.35 bits per heavy atom. The van der Waals surface area contributed by atoms with Crippen molar-refractivity contribution in [2.24, 2.45) is 5.18 Å². The highest BCUT2D eigenvalue weighted by atomic mass is 16.3. The van der Waals surface area contributed by atoms with Crippen LogP contribution in [-0.2, 0) is 6.42 Å². The Morgan fingerprint density at radius 3 is 2.62 bits per heavy atom. The number of pyridine rings is 2. The van der Waals surface area contributed by atoms with Crippen molar-refractivity contribution in [2.45, 2.75) is 25.9 Å². The van der Waals surface area contributed by atoms with Crippen LogP contribution in [0.5, 0.6) is 0 Å². The largest absolute Gasteiger partial charge is 0.397 e. The summed E-state index contributed by atoms with van der Waals surface area (Å²) in [7, 11) is 0. The molecule has 0 bridgehead atoms. The third kappa shape index (κ3) is 3.02. The summed E-state index contributed by atoms with van der Waals surface area (Å²) >= 11 is 0. The molecular weight excluding hydrogens is 334 g/mol. The zero-order chi connectivity index (χ0) is 19.1. The first-order chi connectivity index (χ1) is 12.3. The summed E-state index contributed by atoms with van der Waals surface area (Å²) in [5, 5.41) is 22.0. The van der Waals surface area contributed by atoms with Crippen molar-refractivity contribution < 1.29 is 5.11 Å². The van der Waals surface area contributed by atoms with Crippen molar-refractivity contribution in [1.29, 1.82) is 5.26 Å². The maximum absolute atomic E-state index is 10.8. The number of nitrogens with two attached hydrogens (primary N) is 2. The van der Waals surface area contributed by atoms with Gasteiger partial charge in [-0.15, -0.1) is 4.91 Å². The Hall–Kier alpha value is -3.25.